The zero-order valence-corrected chi connectivity index (χ0v) is 11.2. The highest BCUT2D eigenvalue weighted by Gasteiger charge is 2.16. The predicted octanol–water partition coefficient (Wildman–Crippen LogP) is 2.85. The smallest absolute Gasteiger partial charge is 0.338 e. The van der Waals surface area contributed by atoms with Gasteiger partial charge in [-0.05, 0) is 29.6 Å². The number of amides is 1. The normalized spacial score (nSPS) is 10.1. The van der Waals surface area contributed by atoms with Crippen molar-refractivity contribution in [3.05, 3.63) is 46.6 Å². The van der Waals surface area contributed by atoms with Crippen LogP contribution in [0.4, 0.5) is 9.39 Å². The van der Waals surface area contributed by atoms with Gasteiger partial charge in [0.25, 0.3) is 5.91 Å². The van der Waals surface area contributed by atoms with E-state index in [0.717, 1.165) is 17.4 Å². The lowest BCUT2D eigenvalue weighted by Gasteiger charge is -2.06. The molecule has 0 aliphatic carbocycles. The minimum atomic E-state index is -1.13. The third-order valence-corrected chi connectivity index (χ3v) is 3.37. The SMILES string of the molecule is COc1cc(C(=O)Nc2sccc2C(=O)O)ccc1F. The molecule has 0 radical (unpaired) electrons. The van der Waals surface area contributed by atoms with Crippen LogP contribution in [0.5, 0.6) is 5.75 Å². The fourth-order valence-corrected chi connectivity index (χ4v) is 2.32. The summed E-state index contributed by atoms with van der Waals surface area (Å²) in [6.07, 6.45) is 0. The van der Waals surface area contributed by atoms with Crippen LogP contribution in [0.1, 0.15) is 20.7 Å². The Bertz CT molecular complexity index is 668. The monoisotopic (exact) mass is 295 g/mol. The molecule has 0 atom stereocenters. The molecule has 0 spiro atoms. The lowest BCUT2D eigenvalue weighted by molar-refractivity contribution is 0.0698. The van der Waals surface area contributed by atoms with Gasteiger partial charge in [-0.15, -0.1) is 11.3 Å². The van der Waals surface area contributed by atoms with Gasteiger partial charge in [-0.2, -0.15) is 0 Å². The zero-order chi connectivity index (χ0) is 14.7. The van der Waals surface area contributed by atoms with Crippen LogP contribution in [0.3, 0.4) is 0 Å². The standard InChI is InChI=1S/C13H10FNO4S/c1-19-10-6-7(2-3-9(10)14)11(16)15-12-8(13(17)18)4-5-20-12/h2-6H,1H3,(H,15,16)(H,17,18). The Balaban J connectivity index is 2.24. The number of benzene rings is 1. The van der Waals surface area contributed by atoms with E-state index < -0.39 is 17.7 Å². The van der Waals surface area contributed by atoms with Crippen molar-refractivity contribution in [1.82, 2.24) is 0 Å². The Morgan fingerprint density at radius 1 is 1.35 bits per heavy atom. The zero-order valence-electron chi connectivity index (χ0n) is 10.3. The van der Waals surface area contributed by atoms with E-state index in [9.17, 15) is 14.0 Å². The molecular weight excluding hydrogens is 285 g/mol. The predicted molar refractivity (Wildman–Crippen MR) is 72.2 cm³/mol. The molecule has 0 saturated heterocycles. The molecule has 2 rings (SSSR count). The Hall–Kier alpha value is -2.41. The number of carbonyl (C=O) groups is 2. The van der Waals surface area contributed by atoms with Crippen LogP contribution in [0, 0.1) is 5.82 Å². The largest absolute Gasteiger partial charge is 0.494 e. The molecule has 0 aliphatic heterocycles. The molecule has 1 amide bonds. The van der Waals surface area contributed by atoms with Crippen LogP contribution in [0.2, 0.25) is 0 Å². The van der Waals surface area contributed by atoms with Crippen molar-refractivity contribution in [2.24, 2.45) is 0 Å². The molecule has 7 heteroatoms. The summed E-state index contributed by atoms with van der Waals surface area (Å²) in [7, 11) is 1.29. The third kappa shape index (κ3) is 2.77. The van der Waals surface area contributed by atoms with Crippen LogP contribution >= 0.6 is 11.3 Å². The molecule has 0 bridgehead atoms. The van der Waals surface area contributed by atoms with Crippen molar-refractivity contribution < 1.29 is 23.8 Å². The van der Waals surface area contributed by atoms with Gasteiger partial charge in [0.15, 0.2) is 11.6 Å². The number of carboxylic acid groups (broad SMARTS) is 1. The number of hydrogen-bond donors (Lipinski definition) is 2. The van der Waals surface area contributed by atoms with E-state index in [4.69, 9.17) is 9.84 Å². The number of methoxy groups -OCH3 is 1. The molecule has 0 fully saturated rings. The minimum Gasteiger partial charge on any atom is -0.494 e. The van der Waals surface area contributed by atoms with Crippen LogP contribution in [0.25, 0.3) is 0 Å². The van der Waals surface area contributed by atoms with Gasteiger partial charge in [-0.1, -0.05) is 0 Å². The number of ether oxygens (including phenoxy) is 1. The van der Waals surface area contributed by atoms with Crippen LogP contribution in [-0.2, 0) is 0 Å². The number of anilines is 1. The molecule has 2 aromatic rings. The number of aromatic carboxylic acids is 1. The van der Waals surface area contributed by atoms with E-state index in [-0.39, 0.29) is 21.9 Å². The van der Waals surface area contributed by atoms with E-state index >= 15 is 0 Å². The van der Waals surface area contributed by atoms with E-state index in [1.165, 1.54) is 25.3 Å². The summed E-state index contributed by atoms with van der Waals surface area (Å²) in [5.74, 6) is -2.29. The van der Waals surface area contributed by atoms with Gasteiger partial charge in [0.2, 0.25) is 0 Å². The van der Waals surface area contributed by atoms with Gasteiger partial charge in [-0.25, -0.2) is 9.18 Å². The number of halogens is 1. The maximum Gasteiger partial charge on any atom is 0.338 e. The second-order valence-electron chi connectivity index (χ2n) is 3.77. The summed E-state index contributed by atoms with van der Waals surface area (Å²) >= 11 is 1.10. The van der Waals surface area contributed by atoms with E-state index in [1.807, 2.05) is 0 Å². The lowest BCUT2D eigenvalue weighted by atomic mass is 10.2. The maximum atomic E-state index is 13.2. The molecule has 1 aromatic heterocycles. The average molecular weight is 295 g/mol. The van der Waals surface area contributed by atoms with Crippen LogP contribution in [0.15, 0.2) is 29.6 Å². The number of rotatable bonds is 4. The van der Waals surface area contributed by atoms with Gasteiger partial charge < -0.3 is 15.2 Å². The van der Waals surface area contributed by atoms with Gasteiger partial charge in [0.1, 0.15) is 5.00 Å². The van der Waals surface area contributed by atoms with Crippen LogP contribution < -0.4 is 10.1 Å². The van der Waals surface area contributed by atoms with Gasteiger partial charge >= 0.3 is 5.97 Å². The number of hydrogen-bond acceptors (Lipinski definition) is 4. The van der Waals surface area contributed by atoms with Gasteiger partial charge in [0, 0.05) is 5.56 Å². The van der Waals surface area contributed by atoms with Crippen molar-refractivity contribution in [3.8, 4) is 5.75 Å². The Morgan fingerprint density at radius 3 is 2.75 bits per heavy atom. The molecule has 0 aliphatic rings. The molecule has 0 unspecified atom stereocenters. The van der Waals surface area contributed by atoms with Crippen molar-refractivity contribution in [2.45, 2.75) is 0 Å². The maximum absolute atomic E-state index is 13.2. The summed E-state index contributed by atoms with van der Waals surface area (Å²) in [5, 5.41) is 13.2. The lowest BCUT2D eigenvalue weighted by Crippen LogP contribution is -2.13. The number of carbonyl (C=O) groups excluding carboxylic acids is 1. The Labute approximate surface area is 117 Å². The molecular formula is C13H10FNO4S. The number of nitrogens with one attached hydrogen (secondary N) is 1. The number of thiophene rings is 1. The first-order chi connectivity index (χ1) is 9.52. The fourth-order valence-electron chi connectivity index (χ4n) is 1.55. The third-order valence-electron chi connectivity index (χ3n) is 2.54. The van der Waals surface area contributed by atoms with E-state index in [0.29, 0.717) is 0 Å². The summed E-state index contributed by atoms with van der Waals surface area (Å²) < 4.78 is 18.0. The average Bonchev–Trinajstić information content (AvgIpc) is 2.87. The molecule has 1 aromatic carbocycles. The van der Waals surface area contributed by atoms with Crippen LogP contribution in [-0.4, -0.2) is 24.1 Å². The quantitative estimate of drug-likeness (QED) is 0.909. The molecule has 1 heterocycles. The van der Waals surface area contributed by atoms with E-state index in [2.05, 4.69) is 5.32 Å². The van der Waals surface area contributed by atoms with Crippen molar-refractivity contribution in [2.75, 3.05) is 12.4 Å². The Kier molecular flexibility index (Phi) is 3.99. The fraction of sp³-hybridized carbons (Fsp3) is 0.0769. The number of carboxylic acids is 1. The summed E-state index contributed by atoms with van der Waals surface area (Å²) in [6.45, 7) is 0. The summed E-state index contributed by atoms with van der Waals surface area (Å²) in [6, 6.07) is 5.05. The second-order valence-corrected chi connectivity index (χ2v) is 4.69. The highest BCUT2D eigenvalue weighted by molar-refractivity contribution is 7.14. The minimum absolute atomic E-state index is 0.0115. The highest BCUT2D eigenvalue weighted by Crippen LogP contribution is 2.25. The van der Waals surface area contributed by atoms with Crippen molar-refractivity contribution in [1.29, 1.82) is 0 Å². The van der Waals surface area contributed by atoms with Gasteiger partial charge in [-0.3, -0.25) is 4.79 Å². The van der Waals surface area contributed by atoms with Crippen molar-refractivity contribution >= 4 is 28.2 Å². The van der Waals surface area contributed by atoms with Gasteiger partial charge in [0.05, 0.1) is 12.7 Å². The van der Waals surface area contributed by atoms with Crippen molar-refractivity contribution in [3.63, 3.8) is 0 Å². The van der Waals surface area contributed by atoms with E-state index in [1.54, 1.807) is 5.38 Å². The Morgan fingerprint density at radius 2 is 2.10 bits per heavy atom. The molecule has 5 nitrogen and oxygen atoms in total. The molecule has 2 N–H and O–H groups in total. The first-order valence-corrected chi connectivity index (χ1v) is 6.36. The summed E-state index contributed by atoms with van der Waals surface area (Å²) in [4.78, 5) is 22.9. The topological polar surface area (TPSA) is 75.6 Å². The second kappa shape index (κ2) is 5.70. The molecule has 104 valence electrons. The molecule has 20 heavy (non-hydrogen) atoms. The summed E-state index contributed by atoms with van der Waals surface area (Å²) in [5.41, 5.74) is 0.186. The molecule has 0 saturated carbocycles. The first-order valence-electron chi connectivity index (χ1n) is 5.48. The highest BCUT2D eigenvalue weighted by atomic mass is 32.1. The first kappa shape index (κ1) is 14.0.